The van der Waals surface area contributed by atoms with Gasteiger partial charge in [0.15, 0.2) is 15.6 Å². The Balaban J connectivity index is 2.79. The lowest BCUT2D eigenvalue weighted by Gasteiger charge is -2.05. The topological polar surface area (TPSA) is 94.6 Å². The van der Waals surface area contributed by atoms with Crippen LogP contribution in [0, 0.1) is 0 Å². The zero-order chi connectivity index (χ0) is 15.4. The van der Waals surface area contributed by atoms with Gasteiger partial charge in [-0.3, -0.25) is 4.79 Å². The van der Waals surface area contributed by atoms with Gasteiger partial charge in [-0.25, -0.2) is 16.8 Å². The van der Waals surface area contributed by atoms with E-state index in [1.165, 1.54) is 19.2 Å². The average molecular weight is 320 g/mol. The SMILES string of the molecule is COc1cccc(C(=O)CS(=O)(=O)CCS(C)(=O)=O)c1. The van der Waals surface area contributed by atoms with E-state index >= 15 is 0 Å². The molecular formula is C12H16O6S2. The van der Waals surface area contributed by atoms with Crippen molar-refractivity contribution in [2.24, 2.45) is 0 Å². The van der Waals surface area contributed by atoms with Gasteiger partial charge in [0, 0.05) is 11.8 Å². The van der Waals surface area contributed by atoms with Crippen LogP contribution in [0.15, 0.2) is 24.3 Å². The van der Waals surface area contributed by atoms with E-state index in [-0.39, 0.29) is 5.56 Å². The van der Waals surface area contributed by atoms with Gasteiger partial charge in [-0.2, -0.15) is 0 Å². The Bertz CT molecular complexity index is 688. The van der Waals surface area contributed by atoms with Gasteiger partial charge < -0.3 is 4.74 Å². The molecule has 6 nitrogen and oxygen atoms in total. The van der Waals surface area contributed by atoms with E-state index in [2.05, 4.69) is 0 Å². The van der Waals surface area contributed by atoms with Crippen LogP contribution < -0.4 is 4.74 Å². The predicted molar refractivity (Wildman–Crippen MR) is 75.7 cm³/mol. The molecule has 0 heterocycles. The summed E-state index contributed by atoms with van der Waals surface area (Å²) in [4.78, 5) is 11.9. The normalized spacial score (nSPS) is 12.1. The zero-order valence-corrected chi connectivity index (χ0v) is 12.8. The summed E-state index contributed by atoms with van der Waals surface area (Å²) in [5.41, 5.74) is 0.215. The summed E-state index contributed by atoms with van der Waals surface area (Å²) in [5, 5.41) is 0. The van der Waals surface area contributed by atoms with Crippen LogP contribution in [-0.4, -0.2) is 53.2 Å². The summed E-state index contributed by atoms with van der Waals surface area (Å²) < 4.78 is 50.2. The Morgan fingerprint density at radius 3 is 2.35 bits per heavy atom. The smallest absolute Gasteiger partial charge is 0.178 e. The first-order valence-corrected chi connectivity index (χ1v) is 9.56. The Labute approximate surface area is 118 Å². The molecule has 0 N–H and O–H groups in total. The van der Waals surface area contributed by atoms with E-state index < -0.39 is 42.7 Å². The summed E-state index contributed by atoms with van der Waals surface area (Å²) in [6.07, 6.45) is 0.951. The van der Waals surface area contributed by atoms with Crippen molar-refractivity contribution in [3.8, 4) is 5.75 Å². The molecule has 112 valence electrons. The lowest BCUT2D eigenvalue weighted by molar-refractivity contribution is 0.102. The molecule has 0 aliphatic carbocycles. The van der Waals surface area contributed by atoms with Gasteiger partial charge in [-0.15, -0.1) is 0 Å². The fraction of sp³-hybridized carbons (Fsp3) is 0.417. The Hall–Kier alpha value is -1.41. The number of rotatable bonds is 7. The molecule has 0 aromatic heterocycles. The maximum absolute atomic E-state index is 11.9. The van der Waals surface area contributed by atoms with Crippen molar-refractivity contribution in [2.45, 2.75) is 0 Å². The maximum Gasteiger partial charge on any atom is 0.178 e. The number of hydrogen-bond donors (Lipinski definition) is 0. The Morgan fingerprint density at radius 2 is 1.80 bits per heavy atom. The van der Waals surface area contributed by atoms with Crippen molar-refractivity contribution in [3.63, 3.8) is 0 Å². The third-order valence-corrected chi connectivity index (χ3v) is 5.24. The molecule has 0 unspecified atom stereocenters. The molecule has 0 radical (unpaired) electrons. The van der Waals surface area contributed by atoms with E-state index in [0.717, 1.165) is 6.26 Å². The van der Waals surface area contributed by atoms with Crippen molar-refractivity contribution in [1.29, 1.82) is 0 Å². The van der Waals surface area contributed by atoms with Gasteiger partial charge in [0.25, 0.3) is 0 Å². The Kier molecular flexibility index (Phi) is 5.29. The average Bonchev–Trinajstić information content (AvgIpc) is 2.35. The molecule has 0 aliphatic rings. The number of ether oxygens (including phenoxy) is 1. The van der Waals surface area contributed by atoms with Crippen molar-refractivity contribution in [3.05, 3.63) is 29.8 Å². The number of ketones is 1. The molecule has 1 aromatic rings. The summed E-state index contributed by atoms with van der Waals surface area (Å²) in [6.45, 7) is 0. The number of Topliss-reactive ketones (excluding diaryl/α,β-unsaturated/α-hetero) is 1. The number of sulfone groups is 2. The van der Waals surface area contributed by atoms with E-state index in [4.69, 9.17) is 4.74 Å². The molecular weight excluding hydrogens is 304 g/mol. The third kappa shape index (κ3) is 5.70. The van der Waals surface area contributed by atoms with E-state index in [1.54, 1.807) is 12.1 Å². The third-order valence-electron chi connectivity index (χ3n) is 2.51. The number of hydrogen-bond acceptors (Lipinski definition) is 6. The van der Waals surface area contributed by atoms with Crippen LogP contribution in [0.4, 0.5) is 0 Å². The summed E-state index contributed by atoms with van der Waals surface area (Å²) >= 11 is 0. The first-order valence-electron chi connectivity index (χ1n) is 5.68. The summed E-state index contributed by atoms with van der Waals surface area (Å²) in [5.74, 6) is -1.89. The van der Waals surface area contributed by atoms with E-state index in [1.807, 2.05) is 0 Å². The highest BCUT2D eigenvalue weighted by molar-refractivity contribution is 7.95. The maximum atomic E-state index is 11.9. The van der Waals surface area contributed by atoms with Crippen LogP contribution in [0.1, 0.15) is 10.4 Å². The van der Waals surface area contributed by atoms with Crippen LogP contribution in [0.3, 0.4) is 0 Å². The van der Waals surface area contributed by atoms with Gasteiger partial charge >= 0.3 is 0 Å². The number of methoxy groups -OCH3 is 1. The Morgan fingerprint density at radius 1 is 1.15 bits per heavy atom. The van der Waals surface area contributed by atoms with Gasteiger partial charge in [-0.1, -0.05) is 12.1 Å². The quantitative estimate of drug-likeness (QED) is 0.672. The lowest BCUT2D eigenvalue weighted by Crippen LogP contribution is -2.23. The molecule has 0 saturated heterocycles. The molecule has 1 aromatic carbocycles. The van der Waals surface area contributed by atoms with E-state index in [9.17, 15) is 21.6 Å². The van der Waals surface area contributed by atoms with Gasteiger partial charge in [-0.05, 0) is 12.1 Å². The second-order valence-corrected chi connectivity index (χ2v) is 8.82. The molecule has 0 fully saturated rings. The fourth-order valence-electron chi connectivity index (χ4n) is 1.43. The van der Waals surface area contributed by atoms with Crippen LogP contribution in [-0.2, 0) is 19.7 Å². The first kappa shape index (κ1) is 16.6. The minimum absolute atomic E-state index is 0.215. The molecule has 0 aliphatic heterocycles. The fourth-order valence-corrected chi connectivity index (χ4v) is 4.37. The van der Waals surface area contributed by atoms with Crippen LogP contribution in [0.2, 0.25) is 0 Å². The molecule has 20 heavy (non-hydrogen) atoms. The molecule has 8 heteroatoms. The molecule has 0 bridgehead atoms. The first-order chi connectivity index (χ1) is 9.13. The number of carbonyl (C=O) groups is 1. The largest absolute Gasteiger partial charge is 0.497 e. The molecule has 1 rings (SSSR count). The van der Waals surface area contributed by atoms with Crippen LogP contribution in [0.25, 0.3) is 0 Å². The van der Waals surface area contributed by atoms with Gasteiger partial charge in [0.1, 0.15) is 21.3 Å². The molecule has 0 spiro atoms. The van der Waals surface area contributed by atoms with Crippen molar-refractivity contribution < 1.29 is 26.4 Å². The van der Waals surface area contributed by atoms with Crippen molar-refractivity contribution in [2.75, 3.05) is 30.6 Å². The second-order valence-electron chi connectivity index (χ2n) is 4.38. The highest BCUT2D eigenvalue weighted by Crippen LogP contribution is 2.13. The number of benzene rings is 1. The lowest BCUT2D eigenvalue weighted by atomic mass is 10.1. The van der Waals surface area contributed by atoms with Crippen molar-refractivity contribution in [1.82, 2.24) is 0 Å². The summed E-state index contributed by atoms with van der Waals surface area (Å²) in [6, 6.07) is 6.13. The summed E-state index contributed by atoms with van der Waals surface area (Å²) in [7, 11) is -5.69. The van der Waals surface area contributed by atoms with Gasteiger partial charge in [0.05, 0.1) is 18.6 Å². The predicted octanol–water partition coefficient (Wildman–Crippen LogP) is 0.337. The molecule has 0 saturated carbocycles. The van der Waals surface area contributed by atoms with E-state index in [0.29, 0.717) is 5.75 Å². The minimum atomic E-state index is -3.75. The molecule has 0 amide bonds. The standard InChI is InChI=1S/C12H16O6S2/c1-18-11-5-3-4-10(8-11)12(13)9-20(16,17)7-6-19(2,14)15/h3-5,8H,6-7,9H2,1-2H3. The van der Waals surface area contributed by atoms with Gasteiger partial charge in [0.2, 0.25) is 0 Å². The highest BCUT2D eigenvalue weighted by Gasteiger charge is 2.20. The molecule has 0 atom stereocenters. The minimum Gasteiger partial charge on any atom is -0.497 e. The number of carbonyl (C=O) groups excluding carboxylic acids is 1. The van der Waals surface area contributed by atoms with Crippen molar-refractivity contribution >= 4 is 25.5 Å². The van der Waals surface area contributed by atoms with Crippen LogP contribution in [0.5, 0.6) is 5.75 Å². The second kappa shape index (κ2) is 6.36. The monoisotopic (exact) mass is 320 g/mol. The zero-order valence-electron chi connectivity index (χ0n) is 11.2. The highest BCUT2D eigenvalue weighted by atomic mass is 32.2. The van der Waals surface area contributed by atoms with Crippen LogP contribution >= 0.6 is 0 Å².